The number of ether oxygens (including phenoxy) is 1. The molecule has 3 aromatic rings. The van der Waals surface area contributed by atoms with Crippen LogP contribution in [-0.2, 0) is 14.4 Å². The number of rotatable bonds is 6. The van der Waals surface area contributed by atoms with E-state index in [0.29, 0.717) is 0 Å². The van der Waals surface area contributed by atoms with Gasteiger partial charge in [0.15, 0.2) is 0 Å². The number of hydroxylamine groups is 1. The molecule has 0 saturated carbocycles. The summed E-state index contributed by atoms with van der Waals surface area (Å²) in [7, 11) is 2.55. The predicted molar refractivity (Wildman–Crippen MR) is 118 cm³/mol. The average molecular weight is 418 g/mol. The first-order valence-electron chi connectivity index (χ1n) is 9.47. The van der Waals surface area contributed by atoms with E-state index < -0.39 is 17.8 Å². The molecule has 0 atom stereocenters. The lowest BCUT2D eigenvalue weighted by molar-refractivity contribution is -0.111. The third kappa shape index (κ3) is 5.15. The van der Waals surface area contributed by atoms with E-state index in [9.17, 15) is 14.4 Å². The first kappa shape index (κ1) is 21.7. The monoisotopic (exact) mass is 418 g/mol. The zero-order valence-corrected chi connectivity index (χ0v) is 17.4. The van der Waals surface area contributed by atoms with E-state index in [2.05, 4.69) is 15.6 Å². The molecule has 2 amide bonds. The summed E-state index contributed by atoms with van der Waals surface area (Å²) in [5, 5.41) is 4.84. The maximum atomic E-state index is 12.7. The highest BCUT2D eigenvalue weighted by Gasteiger charge is 2.17. The fourth-order valence-corrected chi connectivity index (χ4v) is 3.11. The second-order valence-corrected chi connectivity index (χ2v) is 6.77. The van der Waals surface area contributed by atoms with Crippen LogP contribution in [0.15, 0.2) is 66.7 Å². The van der Waals surface area contributed by atoms with Crippen molar-refractivity contribution >= 4 is 39.8 Å². The summed E-state index contributed by atoms with van der Waals surface area (Å²) in [5.74, 6) is -1.60. The quantitative estimate of drug-likeness (QED) is 0.359. The molecule has 7 heteroatoms. The summed E-state index contributed by atoms with van der Waals surface area (Å²) in [6.07, 6.45) is 1.44. The van der Waals surface area contributed by atoms with Gasteiger partial charge in [-0.05, 0) is 53.1 Å². The Labute approximate surface area is 179 Å². The fraction of sp³-hybridized carbons (Fsp3) is 0.125. The summed E-state index contributed by atoms with van der Waals surface area (Å²) >= 11 is 0. The Morgan fingerprint density at radius 1 is 0.871 bits per heavy atom. The predicted octanol–water partition coefficient (Wildman–Crippen LogP) is 3.96. The van der Waals surface area contributed by atoms with Gasteiger partial charge in [-0.2, -0.15) is 0 Å². The summed E-state index contributed by atoms with van der Waals surface area (Å²) < 4.78 is 4.77. The minimum Gasteiger partial charge on any atom is -0.465 e. The molecule has 0 fully saturated rings. The van der Waals surface area contributed by atoms with Crippen LogP contribution in [0, 0.1) is 0 Å². The molecule has 0 unspecified atom stereocenters. The number of amides is 2. The molecule has 0 saturated heterocycles. The smallest absolute Gasteiger partial charge is 0.339 e. The Morgan fingerprint density at radius 2 is 1.58 bits per heavy atom. The molecule has 158 valence electrons. The topological polar surface area (TPSA) is 93.7 Å². The Hall–Kier alpha value is -3.97. The molecule has 31 heavy (non-hydrogen) atoms. The lowest BCUT2D eigenvalue weighted by atomic mass is 10.0. The summed E-state index contributed by atoms with van der Waals surface area (Å²) in [5.41, 5.74) is 4.33. The SMILES string of the molecule is CONC(=O)c1ccc(C(=O)OC)c(NC(=O)/C=C(/C)c2ccc3ccccc3c2)c1. The van der Waals surface area contributed by atoms with Crippen molar-refractivity contribution in [3.8, 4) is 0 Å². The van der Waals surface area contributed by atoms with Crippen LogP contribution in [-0.4, -0.2) is 32.0 Å². The Balaban J connectivity index is 1.88. The van der Waals surface area contributed by atoms with E-state index in [-0.39, 0.29) is 16.8 Å². The molecule has 7 nitrogen and oxygen atoms in total. The van der Waals surface area contributed by atoms with Crippen LogP contribution >= 0.6 is 0 Å². The highest BCUT2D eigenvalue weighted by molar-refractivity contribution is 6.09. The minimum atomic E-state index is -0.635. The number of hydrogen-bond donors (Lipinski definition) is 2. The third-order valence-corrected chi connectivity index (χ3v) is 4.69. The summed E-state index contributed by atoms with van der Waals surface area (Å²) in [6, 6.07) is 18.1. The number of carbonyl (C=O) groups excluding carboxylic acids is 3. The van der Waals surface area contributed by atoms with Gasteiger partial charge >= 0.3 is 5.97 Å². The van der Waals surface area contributed by atoms with Crippen LogP contribution in [0.3, 0.4) is 0 Å². The molecule has 0 aromatic heterocycles. The lowest BCUT2D eigenvalue weighted by Gasteiger charge is -2.11. The third-order valence-electron chi connectivity index (χ3n) is 4.69. The van der Waals surface area contributed by atoms with Crippen molar-refractivity contribution in [2.45, 2.75) is 6.92 Å². The van der Waals surface area contributed by atoms with Crippen molar-refractivity contribution in [3.63, 3.8) is 0 Å². The van der Waals surface area contributed by atoms with Crippen molar-refractivity contribution in [1.82, 2.24) is 5.48 Å². The molecule has 0 radical (unpaired) electrons. The zero-order valence-electron chi connectivity index (χ0n) is 17.4. The van der Waals surface area contributed by atoms with E-state index in [1.165, 1.54) is 38.5 Å². The van der Waals surface area contributed by atoms with Crippen LogP contribution in [0.2, 0.25) is 0 Å². The summed E-state index contributed by atoms with van der Waals surface area (Å²) in [4.78, 5) is 41.4. The number of esters is 1. The van der Waals surface area contributed by atoms with Gasteiger partial charge < -0.3 is 10.1 Å². The van der Waals surface area contributed by atoms with Crippen molar-refractivity contribution in [1.29, 1.82) is 0 Å². The van der Waals surface area contributed by atoms with Crippen LogP contribution in [0.25, 0.3) is 16.3 Å². The molecule has 2 N–H and O–H groups in total. The number of anilines is 1. The highest BCUT2D eigenvalue weighted by atomic mass is 16.6. The Morgan fingerprint density at radius 3 is 2.29 bits per heavy atom. The normalized spacial score (nSPS) is 11.1. The van der Waals surface area contributed by atoms with Gasteiger partial charge in [0.1, 0.15) is 0 Å². The van der Waals surface area contributed by atoms with Gasteiger partial charge in [-0.3, -0.25) is 14.4 Å². The molecule has 3 aromatic carbocycles. The van der Waals surface area contributed by atoms with Gasteiger partial charge in [-0.25, -0.2) is 10.3 Å². The van der Waals surface area contributed by atoms with Crippen LogP contribution < -0.4 is 10.8 Å². The molecule has 0 bridgehead atoms. The Bertz CT molecular complexity index is 1180. The molecule has 3 rings (SSSR count). The van der Waals surface area contributed by atoms with Crippen molar-refractivity contribution in [2.24, 2.45) is 0 Å². The first-order valence-corrected chi connectivity index (χ1v) is 9.47. The standard InChI is InChI=1S/C24H22N2O5/c1-15(17-9-8-16-6-4-5-7-18(16)13-17)12-22(27)25-21-14-19(23(28)26-31-3)10-11-20(21)24(29)30-2/h4-14H,1-3H3,(H,25,27)(H,26,28)/b15-12-. The van der Waals surface area contributed by atoms with Gasteiger partial charge in [0.05, 0.1) is 25.5 Å². The number of hydrogen-bond acceptors (Lipinski definition) is 5. The minimum absolute atomic E-state index is 0.126. The molecular weight excluding hydrogens is 396 g/mol. The number of nitrogens with one attached hydrogen (secondary N) is 2. The van der Waals surface area contributed by atoms with Gasteiger partial charge in [-0.15, -0.1) is 0 Å². The molecule has 0 spiro atoms. The second-order valence-electron chi connectivity index (χ2n) is 6.77. The van der Waals surface area contributed by atoms with Crippen molar-refractivity contribution in [2.75, 3.05) is 19.5 Å². The van der Waals surface area contributed by atoms with E-state index in [1.807, 2.05) is 49.4 Å². The van der Waals surface area contributed by atoms with E-state index in [1.54, 1.807) is 0 Å². The van der Waals surface area contributed by atoms with Crippen LogP contribution in [0.5, 0.6) is 0 Å². The van der Waals surface area contributed by atoms with Gasteiger partial charge in [0, 0.05) is 11.6 Å². The molecule has 0 aliphatic rings. The lowest BCUT2D eigenvalue weighted by Crippen LogP contribution is -2.22. The van der Waals surface area contributed by atoms with Crippen LogP contribution in [0.4, 0.5) is 5.69 Å². The van der Waals surface area contributed by atoms with Crippen molar-refractivity contribution < 1.29 is 24.0 Å². The molecular formula is C24H22N2O5. The number of carbonyl (C=O) groups is 3. The first-order chi connectivity index (χ1) is 14.9. The average Bonchev–Trinajstić information content (AvgIpc) is 2.78. The Kier molecular flexibility index (Phi) is 6.79. The number of allylic oxidation sites excluding steroid dienone is 1. The second kappa shape index (κ2) is 9.69. The highest BCUT2D eigenvalue weighted by Crippen LogP contribution is 2.22. The maximum Gasteiger partial charge on any atom is 0.339 e. The van der Waals surface area contributed by atoms with Gasteiger partial charge in [-0.1, -0.05) is 36.4 Å². The van der Waals surface area contributed by atoms with E-state index >= 15 is 0 Å². The molecule has 0 heterocycles. The summed E-state index contributed by atoms with van der Waals surface area (Å²) in [6.45, 7) is 1.83. The molecule has 0 aliphatic heterocycles. The van der Waals surface area contributed by atoms with Gasteiger partial charge in [0.2, 0.25) is 5.91 Å². The number of methoxy groups -OCH3 is 1. The van der Waals surface area contributed by atoms with Crippen molar-refractivity contribution in [3.05, 3.63) is 83.4 Å². The molecule has 0 aliphatic carbocycles. The van der Waals surface area contributed by atoms with Gasteiger partial charge in [0.25, 0.3) is 5.91 Å². The van der Waals surface area contributed by atoms with E-state index in [4.69, 9.17) is 4.74 Å². The number of benzene rings is 3. The van der Waals surface area contributed by atoms with Crippen LogP contribution in [0.1, 0.15) is 33.2 Å². The largest absolute Gasteiger partial charge is 0.465 e. The number of fused-ring (bicyclic) bond motifs is 1. The fourth-order valence-electron chi connectivity index (χ4n) is 3.11. The zero-order chi connectivity index (χ0) is 22.4. The van der Waals surface area contributed by atoms with E-state index in [0.717, 1.165) is 21.9 Å². The maximum absolute atomic E-state index is 12.7.